The van der Waals surface area contributed by atoms with Crippen molar-refractivity contribution < 1.29 is 17.3 Å². The number of aromatic nitrogens is 2. The Morgan fingerprint density at radius 3 is 2.70 bits per heavy atom. The van der Waals surface area contributed by atoms with Crippen molar-refractivity contribution in [2.75, 3.05) is 6.61 Å². The van der Waals surface area contributed by atoms with Gasteiger partial charge in [-0.15, -0.1) is 0 Å². The second-order valence-corrected chi connectivity index (χ2v) is 6.96. The Kier molecular flexibility index (Phi) is 3.83. The third-order valence-electron chi connectivity index (χ3n) is 3.67. The number of rotatable bonds is 4. The van der Waals surface area contributed by atoms with Gasteiger partial charge in [0, 0.05) is 0 Å². The maximum Gasteiger partial charge on any atom is 0.298 e. The van der Waals surface area contributed by atoms with Crippen molar-refractivity contribution in [3.05, 3.63) is 41.2 Å². The summed E-state index contributed by atoms with van der Waals surface area (Å²) in [6.07, 6.45) is -0.454. The lowest BCUT2D eigenvalue weighted by Gasteiger charge is -2.11. The third-order valence-corrected chi connectivity index (χ3v) is 4.96. The summed E-state index contributed by atoms with van der Waals surface area (Å²) >= 11 is 0. The predicted molar refractivity (Wildman–Crippen MR) is 80.4 cm³/mol. The van der Waals surface area contributed by atoms with E-state index in [1.54, 1.807) is 23.6 Å². The number of fused-ring (bicyclic) bond motifs is 1. The fraction of sp³-hybridized carbons (Fsp3) is 0.333. The lowest BCUT2D eigenvalue weighted by atomic mass is 10.2. The minimum absolute atomic E-state index is 0.110. The Morgan fingerprint density at radius 1 is 1.39 bits per heavy atom. The summed E-state index contributed by atoms with van der Waals surface area (Å²) in [7, 11) is -3.82. The van der Waals surface area contributed by atoms with E-state index in [-0.39, 0.29) is 11.5 Å². The molecule has 0 bridgehead atoms. The number of hydrogen-bond acceptors (Lipinski definition) is 6. The lowest BCUT2D eigenvalue weighted by molar-refractivity contribution is 0.147. The zero-order valence-electron chi connectivity index (χ0n) is 12.7. The largest absolute Gasteiger partial charge is 0.457 e. The molecule has 1 aromatic carbocycles. The summed E-state index contributed by atoms with van der Waals surface area (Å²) < 4.78 is 36.6. The van der Waals surface area contributed by atoms with E-state index in [4.69, 9.17) is 14.2 Å². The van der Waals surface area contributed by atoms with Crippen molar-refractivity contribution in [3.8, 4) is 12.1 Å². The summed E-state index contributed by atoms with van der Waals surface area (Å²) in [5.41, 5.74) is 1.98. The molecule has 0 unspecified atom stereocenters. The van der Waals surface area contributed by atoms with Gasteiger partial charge in [0.1, 0.15) is 18.8 Å². The summed E-state index contributed by atoms with van der Waals surface area (Å²) in [5, 5.41) is 8.91. The number of aryl methyl sites for hydroxylation is 1. The topological polar surface area (TPSA) is 94.2 Å². The first kappa shape index (κ1) is 15.5. The molecule has 2 heterocycles. The Bertz CT molecular complexity index is 879. The quantitative estimate of drug-likeness (QED) is 0.788. The number of imidazole rings is 1. The van der Waals surface area contributed by atoms with Crippen molar-refractivity contribution in [1.29, 1.82) is 5.26 Å². The zero-order valence-corrected chi connectivity index (χ0v) is 13.5. The van der Waals surface area contributed by atoms with E-state index in [9.17, 15) is 8.42 Å². The summed E-state index contributed by atoms with van der Waals surface area (Å²) in [5.74, 6) is 0. The molecule has 23 heavy (non-hydrogen) atoms. The van der Waals surface area contributed by atoms with Crippen molar-refractivity contribution in [1.82, 2.24) is 9.55 Å². The van der Waals surface area contributed by atoms with Crippen LogP contribution < -0.4 is 4.74 Å². The van der Waals surface area contributed by atoms with Crippen LogP contribution >= 0.6 is 0 Å². The first-order chi connectivity index (χ1) is 10.9. The molecule has 3 rings (SSSR count). The van der Waals surface area contributed by atoms with E-state index in [0.717, 1.165) is 5.56 Å². The molecule has 0 saturated heterocycles. The molecular weight excluding hydrogens is 318 g/mol. The molecule has 0 fully saturated rings. The van der Waals surface area contributed by atoms with E-state index in [0.29, 0.717) is 23.9 Å². The highest BCUT2D eigenvalue weighted by molar-refractivity contribution is 7.86. The maximum absolute atomic E-state index is 12.1. The van der Waals surface area contributed by atoms with Crippen LogP contribution in [0.5, 0.6) is 6.01 Å². The number of ether oxygens (including phenoxy) is 1. The Hall–Kier alpha value is -2.37. The first-order valence-corrected chi connectivity index (χ1v) is 8.41. The molecule has 7 nitrogen and oxygen atoms in total. The molecule has 0 saturated carbocycles. The van der Waals surface area contributed by atoms with Crippen molar-refractivity contribution >= 4 is 10.1 Å². The highest BCUT2D eigenvalue weighted by Gasteiger charge is 2.29. The molecule has 0 radical (unpaired) electrons. The number of hydrogen-bond donors (Lipinski definition) is 0. The van der Waals surface area contributed by atoms with Crippen LogP contribution in [0.3, 0.4) is 0 Å². The lowest BCUT2D eigenvalue weighted by Crippen LogP contribution is -2.24. The molecule has 0 amide bonds. The van der Waals surface area contributed by atoms with Crippen molar-refractivity contribution in [2.45, 2.75) is 31.4 Å². The van der Waals surface area contributed by atoms with Crippen LogP contribution in [0, 0.1) is 25.2 Å². The van der Waals surface area contributed by atoms with E-state index in [1.807, 2.05) is 13.0 Å². The average Bonchev–Trinajstić information content (AvgIpc) is 3.05. The van der Waals surface area contributed by atoms with E-state index < -0.39 is 16.2 Å². The Balaban J connectivity index is 1.66. The number of benzene rings is 1. The van der Waals surface area contributed by atoms with Gasteiger partial charge >= 0.3 is 0 Å². The van der Waals surface area contributed by atoms with Gasteiger partial charge in [-0.1, -0.05) is 17.7 Å². The fourth-order valence-corrected chi connectivity index (χ4v) is 3.27. The van der Waals surface area contributed by atoms with Gasteiger partial charge in [0.15, 0.2) is 5.69 Å². The Labute approximate surface area is 134 Å². The van der Waals surface area contributed by atoms with Gasteiger partial charge in [-0.2, -0.15) is 18.7 Å². The number of nitrogens with zero attached hydrogens (tertiary/aromatic N) is 3. The minimum atomic E-state index is -3.82. The Morgan fingerprint density at radius 2 is 2.09 bits per heavy atom. The smallest absolute Gasteiger partial charge is 0.298 e. The van der Waals surface area contributed by atoms with Gasteiger partial charge < -0.3 is 4.74 Å². The van der Waals surface area contributed by atoms with Gasteiger partial charge in [0.25, 0.3) is 16.1 Å². The van der Waals surface area contributed by atoms with Crippen LogP contribution in [-0.2, 0) is 20.8 Å². The molecule has 1 aliphatic rings. The van der Waals surface area contributed by atoms with Gasteiger partial charge in [-0.3, -0.25) is 8.75 Å². The summed E-state index contributed by atoms with van der Waals surface area (Å²) in [4.78, 5) is 4.16. The standard InChI is InChI=1S/C15H15N3O4S/c1-10-3-5-13(6-4-10)23(19,20)21-9-12-8-18-11(2)14(7-16)17-15(18)22-12/h3-6,12H,8-9H2,1-2H3/t12-/m0/s1. The monoisotopic (exact) mass is 333 g/mol. The molecule has 0 N–H and O–H groups in total. The molecule has 1 aliphatic heterocycles. The fourth-order valence-electron chi connectivity index (χ4n) is 2.33. The van der Waals surface area contributed by atoms with E-state index in [1.165, 1.54) is 12.1 Å². The van der Waals surface area contributed by atoms with Crippen LogP contribution in [0.1, 0.15) is 17.0 Å². The molecule has 8 heteroatoms. The van der Waals surface area contributed by atoms with Crippen LogP contribution in [0.2, 0.25) is 0 Å². The first-order valence-electron chi connectivity index (χ1n) is 7.00. The highest BCUT2D eigenvalue weighted by atomic mass is 32.2. The summed E-state index contributed by atoms with van der Waals surface area (Å²) in [6, 6.07) is 8.75. The molecule has 120 valence electrons. The molecule has 0 spiro atoms. The van der Waals surface area contributed by atoms with Gasteiger partial charge in [-0.05, 0) is 26.0 Å². The van der Waals surface area contributed by atoms with Crippen LogP contribution in [-0.4, -0.2) is 30.7 Å². The molecule has 1 aromatic heterocycles. The van der Waals surface area contributed by atoms with Gasteiger partial charge in [0.2, 0.25) is 0 Å². The van der Waals surface area contributed by atoms with Gasteiger partial charge in [0.05, 0.1) is 17.1 Å². The highest BCUT2D eigenvalue weighted by Crippen LogP contribution is 2.25. The van der Waals surface area contributed by atoms with Gasteiger partial charge in [-0.25, -0.2) is 0 Å². The minimum Gasteiger partial charge on any atom is -0.457 e. The molecule has 2 aromatic rings. The number of nitriles is 1. The van der Waals surface area contributed by atoms with Crippen LogP contribution in [0.4, 0.5) is 0 Å². The summed E-state index contributed by atoms with van der Waals surface area (Å²) in [6.45, 7) is 3.94. The SMILES string of the molecule is Cc1ccc(S(=O)(=O)OC[C@@H]2Cn3c(nc(C#N)c3C)O2)cc1. The maximum atomic E-state index is 12.1. The molecule has 0 aliphatic carbocycles. The van der Waals surface area contributed by atoms with E-state index >= 15 is 0 Å². The normalized spacial score (nSPS) is 16.7. The van der Waals surface area contributed by atoms with Crippen molar-refractivity contribution in [3.63, 3.8) is 0 Å². The second-order valence-electron chi connectivity index (χ2n) is 5.34. The third kappa shape index (κ3) is 2.93. The molecule has 1 atom stereocenters. The zero-order chi connectivity index (χ0) is 16.6. The second kappa shape index (κ2) is 5.68. The van der Waals surface area contributed by atoms with Crippen molar-refractivity contribution in [2.24, 2.45) is 0 Å². The van der Waals surface area contributed by atoms with Crippen LogP contribution in [0.25, 0.3) is 0 Å². The van der Waals surface area contributed by atoms with E-state index in [2.05, 4.69) is 4.98 Å². The average molecular weight is 333 g/mol. The van der Waals surface area contributed by atoms with Crippen LogP contribution in [0.15, 0.2) is 29.2 Å². The molecular formula is C15H15N3O4S. The predicted octanol–water partition coefficient (Wildman–Crippen LogP) is 1.54.